The summed E-state index contributed by atoms with van der Waals surface area (Å²) in [6, 6.07) is 0. The zero-order valence-electron chi connectivity index (χ0n) is 3.33. The molecule has 6 heteroatoms. The fraction of sp³-hybridized carbons (Fsp3) is 0.500. The minimum atomic E-state index is -2.20. The van der Waals surface area contributed by atoms with Crippen LogP contribution in [0.15, 0.2) is 0 Å². The predicted molar refractivity (Wildman–Crippen MR) is 30.4 cm³/mol. The second-order valence-electron chi connectivity index (χ2n) is 0.860. The molecule has 4 nitrogen and oxygen atoms in total. The SMILES string of the molecule is O=C(O)CS(=O)O.[NaH]. The quantitative estimate of drug-likeness (QED) is 0.375. The van der Waals surface area contributed by atoms with Crippen molar-refractivity contribution in [2.75, 3.05) is 5.75 Å². The van der Waals surface area contributed by atoms with E-state index in [0.29, 0.717) is 0 Å². The van der Waals surface area contributed by atoms with Crippen LogP contribution in [0, 0.1) is 0 Å². The molecule has 0 amide bonds. The molecule has 0 heterocycles. The van der Waals surface area contributed by atoms with E-state index in [-0.39, 0.29) is 29.6 Å². The van der Waals surface area contributed by atoms with Crippen LogP contribution in [0.2, 0.25) is 0 Å². The van der Waals surface area contributed by atoms with E-state index in [0.717, 1.165) is 0 Å². The van der Waals surface area contributed by atoms with Gasteiger partial charge in [-0.15, -0.1) is 0 Å². The molecular formula is C2H5NaO4S. The summed E-state index contributed by atoms with van der Waals surface area (Å²) in [4.78, 5) is 9.46. The second-order valence-corrected chi connectivity index (χ2v) is 1.79. The van der Waals surface area contributed by atoms with Gasteiger partial charge in [-0.3, -0.25) is 4.79 Å². The van der Waals surface area contributed by atoms with Crippen LogP contribution < -0.4 is 0 Å². The number of hydrogen-bond donors (Lipinski definition) is 2. The molecule has 0 radical (unpaired) electrons. The Balaban J connectivity index is 0. The first-order valence-electron chi connectivity index (χ1n) is 1.42. The third-order valence-electron chi connectivity index (χ3n) is 0.247. The second kappa shape index (κ2) is 5.71. The monoisotopic (exact) mass is 148 g/mol. The average molecular weight is 148 g/mol. The molecule has 0 rings (SSSR count). The molecule has 0 fully saturated rings. The first kappa shape index (κ1) is 11.4. The Morgan fingerprint density at radius 3 is 2.00 bits per heavy atom. The summed E-state index contributed by atoms with van der Waals surface area (Å²) in [7, 11) is 0. The topological polar surface area (TPSA) is 74.6 Å². The molecule has 0 bridgehead atoms. The molecular weight excluding hydrogens is 143 g/mol. The molecule has 0 aromatic carbocycles. The normalized spacial score (nSPS) is 11.6. The third-order valence-corrected chi connectivity index (χ3v) is 0.741. The van der Waals surface area contributed by atoms with Crippen LogP contribution in [-0.2, 0) is 15.9 Å². The van der Waals surface area contributed by atoms with E-state index in [1.165, 1.54) is 0 Å². The van der Waals surface area contributed by atoms with Gasteiger partial charge >= 0.3 is 35.5 Å². The van der Waals surface area contributed by atoms with Gasteiger partial charge < -0.3 is 9.66 Å². The summed E-state index contributed by atoms with van der Waals surface area (Å²) in [6.45, 7) is 0. The Labute approximate surface area is 70.9 Å². The first-order chi connectivity index (χ1) is 3.13. The fourth-order valence-electron chi connectivity index (χ4n) is 0.106. The van der Waals surface area contributed by atoms with Crippen LogP contribution in [0.5, 0.6) is 0 Å². The predicted octanol–water partition coefficient (Wildman–Crippen LogP) is -1.36. The number of hydrogen-bond acceptors (Lipinski definition) is 2. The molecule has 0 aliphatic heterocycles. The van der Waals surface area contributed by atoms with Crippen molar-refractivity contribution in [1.29, 1.82) is 0 Å². The molecule has 0 aromatic rings. The van der Waals surface area contributed by atoms with Gasteiger partial charge in [-0.25, -0.2) is 4.21 Å². The molecule has 0 spiro atoms. The standard InChI is InChI=1S/C2H4O4S.Na.H/c3-2(4)1-7(5)6;;/h1H2,(H,3,4)(H,5,6);;. The van der Waals surface area contributed by atoms with Crippen molar-refractivity contribution in [1.82, 2.24) is 0 Å². The molecule has 0 saturated carbocycles. The van der Waals surface area contributed by atoms with Crippen molar-refractivity contribution >= 4 is 46.6 Å². The van der Waals surface area contributed by atoms with Gasteiger partial charge in [0.1, 0.15) is 5.75 Å². The Bertz CT molecular complexity index is 90.2. The fourth-order valence-corrected chi connectivity index (χ4v) is 0.317. The van der Waals surface area contributed by atoms with E-state index in [1.54, 1.807) is 0 Å². The van der Waals surface area contributed by atoms with Crippen LogP contribution >= 0.6 is 0 Å². The Morgan fingerprint density at radius 2 is 2.00 bits per heavy atom. The van der Waals surface area contributed by atoms with Crippen molar-refractivity contribution in [2.24, 2.45) is 0 Å². The van der Waals surface area contributed by atoms with Crippen LogP contribution in [0.3, 0.4) is 0 Å². The van der Waals surface area contributed by atoms with Crippen LogP contribution in [-0.4, -0.2) is 55.1 Å². The number of aliphatic carboxylic acids is 1. The summed E-state index contributed by atoms with van der Waals surface area (Å²) in [5.74, 6) is -1.96. The van der Waals surface area contributed by atoms with E-state index in [9.17, 15) is 9.00 Å². The Kier molecular flexibility index (Phi) is 8.13. The van der Waals surface area contributed by atoms with Gasteiger partial charge in [-0.1, -0.05) is 0 Å². The molecule has 44 valence electrons. The van der Waals surface area contributed by atoms with Crippen molar-refractivity contribution in [3.8, 4) is 0 Å². The molecule has 0 aliphatic rings. The minimum absolute atomic E-state index is 0. The number of carboxylic acids is 1. The summed E-state index contributed by atoms with van der Waals surface area (Å²) in [6.07, 6.45) is 0. The Hall–Kier alpha value is 0.580. The molecule has 0 saturated heterocycles. The van der Waals surface area contributed by atoms with Crippen molar-refractivity contribution in [3.05, 3.63) is 0 Å². The zero-order chi connectivity index (χ0) is 5.86. The summed E-state index contributed by atoms with van der Waals surface area (Å²) >= 11 is -2.20. The van der Waals surface area contributed by atoms with E-state index in [1.807, 2.05) is 0 Å². The molecule has 8 heavy (non-hydrogen) atoms. The van der Waals surface area contributed by atoms with Crippen LogP contribution in [0.4, 0.5) is 0 Å². The summed E-state index contributed by atoms with van der Waals surface area (Å²) in [5, 5.41) is 7.73. The molecule has 0 aliphatic carbocycles. The van der Waals surface area contributed by atoms with Gasteiger partial charge in [0, 0.05) is 0 Å². The maximum absolute atomic E-state index is 9.54. The van der Waals surface area contributed by atoms with E-state index in [2.05, 4.69) is 0 Å². The first-order valence-corrected chi connectivity index (χ1v) is 2.70. The summed E-state index contributed by atoms with van der Waals surface area (Å²) in [5.41, 5.74) is 0. The molecule has 0 aromatic heterocycles. The molecule has 1 atom stereocenters. The van der Waals surface area contributed by atoms with Gasteiger partial charge in [-0.05, 0) is 0 Å². The number of carboxylic acid groups (broad SMARTS) is 1. The third kappa shape index (κ3) is 9.77. The zero-order valence-corrected chi connectivity index (χ0v) is 4.14. The van der Waals surface area contributed by atoms with Crippen molar-refractivity contribution < 1.29 is 18.7 Å². The van der Waals surface area contributed by atoms with Crippen LogP contribution in [0.25, 0.3) is 0 Å². The van der Waals surface area contributed by atoms with Gasteiger partial charge in [-0.2, -0.15) is 0 Å². The van der Waals surface area contributed by atoms with Crippen molar-refractivity contribution in [2.45, 2.75) is 0 Å². The van der Waals surface area contributed by atoms with E-state index in [4.69, 9.17) is 9.66 Å². The summed E-state index contributed by atoms with van der Waals surface area (Å²) < 4.78 is 17.4. The number of rotatable bonds is 2. The van der Waals surface area contributed by atoms with Gasteiger partial charge in [0.25, 0.3) is 0 Å². The van der Waals surface area contributed by atoms with Gasteiger partial charge in [0.05, 0.1) is 0 Å². The maximum atomic E-state index is 9.54. The van der Waals surface area contributed by atoms with Gasteiger partial charge in [0.2, 0.25) is 0 Å². The van der Waals surface area contributed by atoms with Crippen LogP contribution in [0.1, 0.15) is 0 Å². The number of carbonyl (C=O) groups is 1. The molecule has 1 unspecified atom stereocenters. The van der Waals surface area contributed by atoms with E-state index < -0.39 is 22.8 Å². The van der Waals surface area contributed by atoms with Crippen molar-refractivity contribution in [3.63, 3.8) is 0 Å². The van der Waals surface area contributed by atoms with E-state index >= 15 is 0 Å². The Morgan fingerprint density at radius 1 is 1.62 bits per heavy atom. The molecule has 2 N–H and O–H groups in total. The average Bonchev–Trinajstić information content (AvgIpc) is 1.27. The van der Waals surface area contributed by atoms with Gasteiger partial charge in [0.15, 0.2) is 11.1 Å².